The van der Waals surface area contributed by atoms with Gasteiger partial charge in [-0.3, -0.25) is 57.5 Å². The maximum Gasteiger partial charge on any atom is 0.326 e. The first-order valence-corrected chi connectivity index (χ1v) is 25.6. The summed E-state index contributed by atoms with van der Waals surface area (Å²) in [5.41, 5.74) is 16.9. The van der Waals surface area contributed by atoms with Crippen LogP contribution in [0.3, 0.4) is 0 Å². The Bertz CT molecular complexity index is 2090. The molecule has 1 fully saturated rings. The summed E-state index contributed by atoms with van der Waals surface area (Å²) in [6, 6.07) is -14.5. The number of carboxylic acids is 3. The average Bonchev–Trinajstić information content (AvgIpc) is 3.84. The number of amides is 10. The summed E-state index contributed by atoms with van der Waals surface area (Å²) in [4.78, 5) is 171. The highest BCUT2D eigenvalue weighted by molar-refractivity contribution is 6.00. The highest BCUT2D eigenvalue weighted by Gasteiger charge is 2.41. The zero-order chi connectivity index (χ0) is 58.3. The van der Waals surface area contributed by atoms with Crippen LogP contribution in [0.15, 0.2) is 0 Å². The van der Waals surface area contributed by atoms with Crippen molar-refractivity contribution < 1.29 is 77.6 Å². The van der Waals surface area contributed by atoms with Gasteiger partial charge in [-0.05, 0) is 62.8 Å². The topological polar surface area (TPSA) is 460 Å². The van der Waals surface area contributed by atoms with Crippen molar-refractivity contribution >= 4 is 77.0 Å². The number of carboxylic acid groups (broad SMARTS) is 3. The maximum absolute atomic E-state index is 14.0. The van der Waals surface area contributed by atoms with E-state index in [1.807, 2.05) is 0 Å². The smallest absolute Gasteiger partial charge is 0.326 e. The lowest BCUT2D eigenvalue weighted by molar-refractivity contribution is -0.151. The quantitative estimate of drug-likeness (QED) is 0.0280. The van der Waals surface area contributed by atoms with Gasteiger partial charge in [0.05, 0.1) is 25.3 Å². The van der Waals surface area contributed by atoms with E-state index in [0.717, 1.165) is 4.90 Å². The number of rotatable bonds is 34. The first-order valence-electron chi connectivity index (χ1n) is 25.6. The highest BCUT2D eigenvalue weighted by atomic mass is 16.4. The second-order valence-electron chi connectivity index (χ2n) is 19.9. The van der Waals surface area contributed by atoms with E-state index in [1.165, 1.54) is 6.92 Å². The molecule has 1 heterocycles. The van der Waals surface area contributed by atoms with Crippen LogP contribution in [0.4, 0.5) is 0 Å². The van der Waals surface area contributed by atoms with E-state index in [-0.39, 0.29) is 32.2 Å². The Hall–Kier alpha value is -6.97. The summed E-state index contributed by atoms with van der Waals surface area (Å²) in [7, 11) is 0. The molecule has 76 heavy (non-hydrogen) atoms. The summed E-state index contributed by atoms with van der Waals surface area (Å²) in [5.74, 6) is -16.5. The van der Waals surface area contributed by atoms with Crippen molar-refractivity contribution in [2.45, 2.75) is 187 Å². The van der Waals surface area contributed by atoms with Gasteiger partial charge in [0, 0.05) is 6.54 Å². The monoisotopic (exact) mass is 1080 g/mol. The van der Waals surface area contributed by atoms with Crippen LogP contribution in [0.25, 0.3) is 0 Å². The Morgan fingerprint density at radius 1 is 0.526 bits per heavy atom. The van der Waals surface area contributed by atoms with Crippen LogP contribution in [-0.4, -0.2) is 171 Å². The third kappa shape index (κ3) is 21.7. The molecular formula is C48H82N12O16. The van der Waals surface area contributed by atoms with Crippen LogP contribution >= 0.6 is 0 Å². The second-order valence-corrected chi connectivity index (χ2v) is 19.9. The molecule has 0 bridgehead atoms. The molecule has 28 nitrogen and oxygen atoms in total. The van der Waals surface area contributed by atoms with Crippen LogP contribution in [0.1, 0.15) is 127 Å². The number of likely N-dealkylation sites (tertiary alicyclic amines) is 1. The van der Waals surface area contributed by atoms with Gasteiger partial charge in [0.1, 0.15) is 54.4 Å². The first kappa shape index (κ1) is 67.0. The predicted octanol–water partition coefficient (Wildman–Crippen LogP) is -3.35. The fourth-order valence-corrected chi connectivity index (χ4v) is 7.97. The molecule has 17 N–H and O–H groups in total. The number of hydrogen-bond donors (Lipinski definition) is 14. The molecule has 1 aliphatic heterocycles. The lowest BCUT2D eigenvalue weighted by Gasteiger charge is -2.31. The molecule has 0 saturated carbocycles. The van der Waals surface area contributed by atoms with Crippen LogP contribution in [-0.2, 0) is 62.3 Å². The van der Waals surface area contributed by atoms with Crippen LogP contribution in [0.5, 0.6) is 0 Å². The molecule has 0 aromatic heterocycles. The number of nitrogens with two attached hydrogens (primary N) is 3. The SMILES string of the molecule is CC[C@H](C)[C@H](NC(=O)[C@H](C)NC(=O)[C@@H](NC(=O)[C@@H](NC(=O)[C@H](CC(=O)O)NC(=O)[C@@H](NC(=O)[C@@H](N)CCCCN)C(C)C)[C@@H](C)CC)C(C)C)C(=O)N[C@@H](CC(N)=O)C(=O)N[C@@H](CC(=O)O)C(=O)N1CCC[C@H]1C(=O)O. The van der Waals surface area contributed by atoms with Gasteiger partial charge in [0.15, 0.2) is 0 Å². The molecular weight excluding hydrogens is 1000 g/mol. The van der Waals surface area contributed by atoms with Crippen LogP contribution in [0, 0.1) is 23.7 Å². The number of carbonyl (C=O) groups is 13. The van der Waals surface area contributed by atoms with Crippen molar-refractivity contribution in [3.8, 4) is 0 Å². The molecule has 28 heteroatoms. The maximum atomic E-state index is 14.0. The zero-order valence-electron chi connectivity index (χ0n) is 44.9. The number of aliphatic carboxylic acids is 3. The number of carbonyl (C=O) groups excluding carboxylic acids is 10. The van der Waals surface area contributed by atoms with Crippen molar-refractivity contribution in [2.75, 3.05) is 13.1 Å². The lowest BCUT2D eigenvalue weighted by atomic mass is 9.95. The van der Waals surface area contributed by atoms with Crippen LogP contribution in [0.2, 0.25) is 0 Å². The molecule has 10 amide bonds. The minimum Gasteiger partial charge on any atom is -0.481 e. The molecule has 12 atom stereocenters. The molecule has 0 spiro atoms. The normalized spacial score (nSPS) is 17.6. The molecule has 0 radical (unpaired) electrons. The summed E-state index contributed by atoms with van der Waals surface area (Å²) >= 11 is 0. The lowest BCUT2D eigenvalue weighted by Crippen LogP contribution is -2.62. The van der Waals surface area contributed by atoms with E-state index in [4.69, 9.17) is 17.2 Å². The molecule has 1 rings (SSSR count). The number of hydrogen-bond acceptors (Lipinski definition) is 15. The third-order valence-electron chi connectivity index (χ3n) is 13.0. The number of unbranched alkanes of at least 4 members (excludes halogenated alkanes) is 1. The largest absolute Gasteiger partial charge is 0.481 e. The van der Waals surface area contributed by atoms with Gasteiger partial charge in [-0.1, -0.05) is 74.7 Å². The fraction of sp³-hybridized carbons (Fsp3) is 0.729. The van der Waals surface area contributed by atoms with E-state index >= 15 is 0 Å². The Kier molecular flexibility index (Phi) is 28.6. The van der Waals surface area contributed by atoms with E-state index in [1.54, 1.807) is 55.4 Å². The number of primary amides is 1. The zero-order valence-corrected chi connectivity index (χ0v) is 44.9. The molecule has 0 aromatic carbocycles. The first-order chi connectivity index (χ1) is 35.4. The predicted molar refractivity (Wildman–Crippen MR) is 271 cm³/mol. The van der Waals surface area contributed by atoms with Gasteiger partial charge in [-0.15, -0.1) is 0 Å². The van der Waals surface area contributed by atoms with Gasteiger partial charge in [-0.2, -0.15) is 0 Å². The molecule has 0 aromatic rings. The summed E-state index contributed by atoms with van der Waals surface area (Å²) < 4.78 is 0. The van der Waals surface area contributed by atoms with Crippen molar-refractivity contribution in [1.82, 2.24) is 47.4 Å². The molecule has 0 aliphatic carbocycles. The van der Waals surface area contributed by atoms with E-state index in [0.29, 0.717) is 25.8 Å². The van der Waals surface area contributed by atoms with Gasteiger partial charge in [-0.25, -0.2) is 4.79 Å². The van der Waals surface area contributed by atoms with Gasteiger partial charge < -0.3 is 80.0 Å². The Labute approximate surface area is 442 Å². The van der Waals surface area contributed by atoms with Gasteiger partial charge >= 0.3 is 17.9 Å². The summed E-state index contributed by atoms with van der Waals surface area (Å²) in [6.07, 6.45) is -0.377. The van der Waals surface area contributed by atoms with Crippen molar-refractivity contribution in [3.05, 3.63) is 0 Å². The van der Waals surface area contributed by atoms with E-state index < -0.39 is 180 Å². The van der Waals surface area contributed by atoms with Crippen molar-refractivity contribution in [2.24, 2.45) is 40.9 Å². The Morgan fingerprint density at radius 3 is 1.39 bits per heavy atom. The number of nitrogens with zero attached hydrogens (tertiary/aromatic N) is 1. The molecule has 1 aliphatic rings. The Morgan fingerprint density at radius 2 is 0.934 bits per heavy atom. The Balaban J connectivity index is 3.30. The third-order valence-corrected chi connectivity index (χ3v) is 13.0. The van der Waals surface area contributed by atoms with Gasteiger partial charge in [0.2, 0.25) is 59.1 Å². The standard InChI is InChI=1S/C48H82N12O16/c1-10-24(7)37(45(72)53-28(19-32(51)61)41(68)55-30(21-34(64)65)47(74)60-18-14-16-31(60)48(75)76)58-39(66)26(9)52-43(70)35(22(3)4)57-46(73)38(25(8)11-2)59-42(69)29(20-33(62)63)54-44(71)36(23(5)6)56-40(67)27(50)15-12-13-17-49/h22-31,35-38H,10-21,49-50H2,1-9H3,(H2,51,61)(H,52,70)(H,53,72)(H,54,71)(H,55,68)(H,56,67)(H,57,73)(H,58,66)(H,59,69)(H,62,63)(H,64,65)(H,75,76)/t24-,25-,26-,27-,28-,29-,30-,31-,35-,36-,37-,38-/m0/s1. The van der Waals surface area contributed by atoms with E-state index in [9.17, 15) is 77.6 Å². The van der Waals surface area contributed by atoms with Gasteiger partial charge in [0.25, 0.3) is 0 Å². The van der Waals surface area contributed by atoms with Crippen LogP contribution < -0.4 is 59.7 Å². The second kappa shape index (κ2) is 32.5. The van der Waals surface area contributed by atoms with Crippen molar-refractivity contribution in [3.63, 3.8) is 0 Å². The molecule has 430 valence electrons. The fourth-order valence-electron chi connectivity index (χ4n) is 7.97. The van der Waals surface area contributed by atoms with Crippen molar-refractivity contribution in [1.29, 1.82) is 0 Å². The minimum absolute atomic E-state index is 0.0381. The average molecular weight is 1080 g/mol. The molecule has 0 unspecified atom stereocenters. The molecule has 1 saturated heterocycles. The summed E-state index contributed by atoms with van der Waals surface area (Å²) in [5, 5.41) is 48.3. The highest BCUT2D eigenvalue weighted by Crippen LogP contribution is 2.20. The minimum atomic E-state index is -1.82. The number of nitrogens with one attached hydrogen (secondary N) is 8. The van der Waals surface area contributed by atoms with E-state index in [2.05, 4.69) is 42.5 Å². The summed E-state index contributed by atoms with van der Waals surface area (Å²) in [6.45, 7) is 14.5.